The molecule has 2 heteroatoms. The Balaban J connectivity index is 2.63. The maximum atomic E-state index is 5.66. The Bertz CT molecular complexity index is 149. The standard InChI is InChI=1S/C10H22NO/c1-5-10-8-12-9(3)7-11(10,4)6-2/h9-10H,5-8H2,1-4H3/q+1. The maximum absolute atomic E-state index is 5.66. The molecule has 0 amide bonds. The van der Waals surface area contributed by atoms with Crippen LogP contribution < -0.4 is 0 Å². The average Bonchev–Trinajstić information content (AvgIpc) is 2.05. The zero-order valence-electron chi connectivity index (χ0n) is 8.84. The van der Waals surface area contributed by atoms with Gasteiger partial charge in [0.15, 0.2) is 0 Å². The van der Waals surface area contributed by atoms with E-state index in [9.17, 15) is 0 Å². The minimum Gasteiger partial charge on any atom is -0.366 e. The van der Waals surface area contributed by atoms with Crippen LogP contribution in [0.2, 0.25) is 0 Å². The minimum atomic E-state index is 0.442. The lowest BCUT2D eigenvalue weighted by molar-refractivity contribution is -0.942. The van der Waals surface area contributed by atoms with Gasteiger partial charge in [0, 0.05) is 0 Å². The van der Waals surface area contributed by atoms with Gasteiger partial charge in [-0.2, -0.15) is 0 Å². The number of morpholine rings is 1. The van der Waals surface area contributed by atoms with E-state index in [-0.39, 0.29) is 0 Å². The van der Waals surface area contributed by atoms with Crippen molar-refractivity contribution < 1.29 is 9.22 Å². The molecule has 1 saturated heterocycles. The van der Waals surface area contributed by atoms with Crippen LogP contribution in [0.4, 0.5) is 0 Å². The van der Waals surface area contributed by atoms with Crippen LogP contribution in [0.5, 0.6) is 0 Å². The lowest BCUT2D eigenvalue weighted by Crippen LogP contribution is -2.60. The quantitative estimate of drug-likeness (QED) is 0.575. The van der Waals surface area contributed by atoms with Gasteiger partial charge in [0.25, 0.3) is 0 Å². The summed E-state index contributed by atoms with van der Waals surface area (Å²) in [6.07, 6.45) is 1.68. The van der Waals surface area contributed by atoms with Crippen molar-refractivity contribution in [2.24, 2.45) is 0 Å². The average molecular weight is 172 g/mol. The summed E-state index contributed by atoms with van der Waals surface area (Å²) >= 11 is 0. The van der Waals surface area contributed by atoms with E-state index in [1.807, 2.05) is 0 Å². The van der Waals surface area contributed by atoms with Crippen LogP contribution >= 0.6 is 0 Å². The van der Waals surface area contributed by atoms with E-state index in [0.717, 1.165) is 6.61 Å². The third-order valence-corrected chi connectivity index (χ3v) is 3.32. The molecule has 1 aliphatic heterocycles. The molecule has 2 nitrogen and oxygen atoms in total. The van der Waals surface area contributed by atoms with Gasteiger partial charge in [-0.05, 0) is 20.3 Å². The second-order valence-electron chi connectivity index (χ2n) is 4.18. The van der Waals surface area contributed by atoms with E-state index in [0.29, 0.717) is 12.1 Å². The SMILES string of the molecule is CCC1COC(C)C[N+]1(C)CC. The Morgan fingerprint density at radius 2 is 2.08 bits per heavy atom. The Labute approximate surface area is 76.1 Å². The molecule has 1 heterocycles. The summed E-state index contributed by atoms with van der Waals surface area (Å²) in [5.41, 5.74) is 0. The molecule has 0 aromatic carbocycles. The molecule has 72 valence electrons. The van der Waals surface area contributed by atoms with Gasteiger partial charge in [0.1, 0.15) is 18.7 Å². The van der Waals surface area contributed by atoms with Gasteiger partial charge in [-0.25, -0.2) is 0 Å². The van der Waals surface area contributed by atoms with Crippen molar-refractivity contribution in [2.45, 2.75) is 39.3 Å². The van der Waals surface area contributed by atoms with Crippen LogP contribution in [0.15, 0.2) is 0 Å². The topological polar surface area (TPSA) is 9.23 Å². The number of ether oxygens (including phenoxy) is 1. The van der Waals surface area contributed by atoms with Gasteiger partial charge >= 0.3 is 0 Å². The Morgan fingerprint density at radius 1 is 1.42 bits per heavy atom. The van der Waals surface area contributed by atoms with E-state index in [1.54, 1.807) is 0 Å². The monoisotopic (exact) mass is 172 g/mol. The number of hydrogen-bond acceptors (Lipinski definition) is 1. The first-order valence-electron chi connectivity index (χ1n) is 5.08. The molecule has 0 aromatic heterocycles. The van der Waals surface area contributed by atoms with E-state index >= 15 is 0 Å². The first-order chi connectivity index (χ1) is 5.62. The van der Waals surface area contributed by atoms with Gasteiger partial charge in [0.2, 0.25) is 0 Å². The van der Waals surface area contributed by atoms with Crippen LogP contribution in [0.25, 0.3) is 0 Å². The predicted molar refractivity (Wildman–Crippen MR) is 51.1 cm³/mol. The molecule has 0 spiro atoms. The molecule has 0 radical (unpaired) electrons. The van der Waals surface area contributed by atoms with Crippen molar-refractivity contribution in [3.63, 3.8) is 0 Å². The predicted octanol–water partition coefficient (Wildman–Crippen LogP) is 1.65. The zero-order chi connectivity index (χ0) is 9.19. The molecule has 12 heavy (non-hydrogen) atoms. The highest BCUT2D eigenvalue weighted by Gasteiger charge is 2.36. The first-order valence-corrected chi connectivity index (χ1v) is 5.08. The van der Waals surface area contributed by atoms with Crippen molar-refractivity contribution in [3.05, 3.63) is 0 Å². The van der Waals surface area contributed by atoms with Gasteiger partial charge in [0.05, 0.1) is 20.2 Å². The van der Waals surface area contributed by atoms with Crippen LogP contribution in [0.3, 0.4) is 0 Å². The summed E-state index contributed by atoms with van der Waals surface area (Å²) in [6, 6.07) is 0.714. The van der Waals surface area contributed by atoms with Crippen molar-refractivity contribution in [1.29, 1.82) is 0 Å². The van der Waals surface area contributed by atoms with Crippen LogP contribution in [-0.2, 0) is 4.74 Å². The smallest absolute Gasteiger partial charge is 0.112 e. The van der Waals surface area contributed by atoms with Crippen molar-refractivity contribution in [1.82, 2.24) is 0 Å². The van der Waals surface area contributed by atoms with E-state index in [2.05, 4.69) is 27.8 Å². The Kier molecular flexibility index (Phi) is 3.13. The lowest BCUT2D eigenvalue weighted by atomic mass is 10.1. The number of quaternary nitrogens is 1. The molecular weight excluding hydrogens is 150 g/mol. The largest absolute Gasteiger partial charge is 0.366 e. The van der Waals surface area contributed by atoms with Crippen LogP contribution in [0.1, 0.15) is 27.2 Å². The molecule has 0 aromatic rings. The van der Waals surface area contributed by atoms with Gasteiger partial charge in [-0.15, -0.1) is 0 Å². The summed E-state index contributed by atoms with van der Waals surface area (Å²) in [5.74, 6) is 0. The maximum Gasteiger partial charge on any atom is 0.112 e. The molecule has 0 bridgehead atoms. The zero-order valence-corrected chi connectivity index (χ0v) is 8.84. The van der Waals surface area contributed by atoms with Crippen LogP contribution in [-0.4, -0.2) is 43.4 Å². The number of likely N-dealkylation sites (N-methyl/N-ethyl adjacent to an activating group) is 1. The third kappa shape index (κ3) is 1.80. The van der Waals surface area contributed by atoms with Gasteiger partial charge in [-0.3, -0.25) is 0 Å². The molecule has 3 atom stereocenters. The summed E-state index contributed by atoms with van der Waals surface area (Å²) < 4.78 is 6.86. The van der Waals surface area contributed by atoms with Gasteiger partial charge < -0.3 is 9.22 Å². The van der Waals surface area contributed by atoms with Crippen molar-refractivity contribution in [3.8, 4) is 0 Å². The highest BCUT2D eigenvalue weighted by Crippen LogP contribution is 2.21. The number of hydrogen-bond donors (Lipinski definition) is 0. The minimum absolute atomic E-state index is 0.442. The van der Waals surface area contributed by atoms with Crippen molar-refractivity contribution in [2.75, 3.05) is 26.7 Å². The molecule has 1 rings (SSSR count). The summed E-state index contributed by atoms with van der Waals surface area (Å²) in [7, 11) is 2.35. The van der Waals surface area contributed by atoms with Crippen LogP contribution in [0, 0.1) is 0 Å². The highest BCUT2D eigenvalue weighted by molar-refractivity contribution is 4.65. The fourth-order valence-electron chi connectivity index (χ4n) is 2.19. The fourth-order valence-corrected chi connectivity index (χ4v) is 2.19. The molecule has 0 aliphatic carbocycles. The third-order valence-electron chi connectivity index (χ3n) is 3.32. The number of nitrogens with zero attached hydrogens (tertiary/aromatic N) is 1. The van der Waals surface area contributed by atoms with Crippen molar-refractivity contribution >= 4 is 0 Å². The van der Waals surface area contributed by atoms with E-state index in [4.69, 9.17) is 4.74 Å². The normalized spacial score (nSPS) is 43.0. The molecule has 3 unspecified atom stereocenters. The molecule has 1 fully saturated rings. The Hall–Kier alpha value is -0.0800. The summed E-state index contributed by atoms with van der Waals surface area (Å²) in [4.78, 5) is 0. The highest BCUT2D eigenvalue weighted by atomic mass is 16.5. The second kappa shape index (κ2) is 3.75. The molecule has 0 saturated carbocycles. The molecule has 1 aliphatic rings. The van der Waals surface area contributed by atoms with Gasteiger partial charge in [-0.1, -0.05) is 6.92 Å². The second-order valence-corrected chi connectivity index (χ2v) is 4.18. The lowest BCUT2D eigenvalue weighted by Gasteiger charge is -2.45. The molecular formula is C10H22NO+. The fraction of sp³-hybridized carbons (Fsp3) is 1.00. The summed E-state index contributed by atoms with van der Waals surface area (Å²) in [6.45, 7) is 10.1. The van der Waals surface area contributed by atoms with E-state index < -0.39 is 0 Å². The Morgan fingerprint density at radius 3 is 2.58 bits per heavy atom. The first kappa shape index (κ1) is 10.0. The summed E-state index contributed by atoms with van der Waals surface area (Å²) in [5, 5.41) is 0. The number of rotatable bonds is 2. The molecule has 0 N–H and O–H groups in total. The van der Waals surface area contributed by atoms with E-state index in [1.165, 1.54) is 24.0 Å².